The highest BCUT2D eigenvalue weighted by molar-refractivity contribution is 7.22. The van der Waals surface area contributed by atoms with E-state index in [-0.39, 0.29) is 17.6 Å². The van der Waals surface area contributed by atoms with Gasteiger partial charge in [0.25, 0.3) is 0 Å². The number of fused-ring (bicyclic) bond motifs is 1. The number of aromatic hydroxyl groups is 1. The number of ketones is 1. The molecule has 0 amide bonds. The SMILES string of the molecule is COc1cc(C(=O)c2c(-c3ccc(OCCN4CCCC4)cc3)sc3cc(O)ccc23)ccc1O[C@@H]1CCCC[C@H]1N(C)C. The van der Waals surface area contributed by atoms with Crippen LogP contribution in [-0.2, 0) is 0 Å². The standard InChI is InChI=1S/C36H42N2O5S/c1-37(2)29-8-4-5-9-30(29)43-31-17-12-25(22-32(31)41-3)35(40)34-28-16-13-26(39)23-33(28)44-36(34)24-10-14-27(15-11-24)42-21-20-38-18-6-7-19-38/h10-17,22-23,29-30,39H,4-9,18-21H2,1-3H3/t29-,30-/m1/s1. The first-order valence-corrected chi connectivity index (χ1v) is 16.5. The molecule has 4 aromatic rings. The van der Waals surface area contributed by atoms with Crippen LogP contribution in [0.1, 0.15) is 54.4 Å². The van der Waals surface area contributed by atoms with Gasteiger partial charge in [-0.25, -0.2) is 0 Å². The van der Waals surface area contributed by atoms with Crippen molar-refractivity contribution in [1.82, 2.24) is 9.80 Å². The molecule has 2 aliphatic rings. The summed E-state index contributed by atoms with van der Waals surface area (Å²) >= 11 is 1.51. The number of nitrogens with zero attached hydrogens (tertiary/aromatic N) is 2. The van der Waals surface area contributed by atoms with Crippen molar-refractivity contribution < 1.29 is 24.1 Å². The molecule has 2 fully saturated rings. The van der Waals surface area contributed by atoms with Crippen molar-refractivity contribution in [2.75, 3.05) is 47.4 Å². The summed E-state index contributed by atoms with van der Waals surface area (Å²) in [6, 6.07) is 19.0. The molecule has 0 spiro atoms. The summed E-state index contributed by atoms with van der Waals surface area (Å²) in [5.74, 6) is 2.09. The molecular formula is C36H42N2O5S. The van der Waals surface area contributed by atoms with E-state index in [0.717, 1.165) is 65.2 Å². The fourth-order valence-corrected chi connectivity index (χ4v) is 7.77. The van der Waals surface area contributed by atoms with Crippen molar-refractivity contribution in [2.24, 2.45) is 0 Å². The molecule has 0 unspecified atom stereocenters. The van der Waals surface area contributed by atoms with E-state index >= 15 is 0 Å². The van der Waals surface area contributed by atoms with E-state index in [1.807, 2.05) is 42.5 Å². The van der Waals surface area contributed by atoms with Gasteiger partial charge >= 0.3 is 0 Å². The molecule has 8 heteroatoms. The largest absolute Gasteiger partial charge is 0.508 e. The van der Waals surface area contributed by atoms with Crippen LogP contribution >= 0.6 is 11.3 Å². The van der Waals surface area contributed by atoms with E-state index in [9.17, 15) is 9.90 Å². The Hall–Kier alpha value is -3.59. The third-order valence-corrected chi connectivity index (χ3v) is 10.1. The van der Waals surface area contributed by atoms with Gasteiger partial charge < -0.3 is 24.2 Å². The van der Waals surface area contributed by atoms with Crippen molar-refractivity contribution in [3.8, 4) is 33.4 Å². The van der Waals surface area contributed by atoms with Crippen LogP contribution in [0, 0.1) is 0 Å². The first-order chi connectivity index (χ1) is 21.4. The van der Waals surface area contributed by atoms with Gasteiger partial charge in [0.1, 0.15) is 24.2 Å². The maximum Gasteiger partial charge on any atom is 0.195 e. The normalized spacial score (nSPS) is 19.0. The average Bonchev–Trinajstić information content (AvgIpc) is 3.69. The van der Waals surface area contributed by atoms with Gasteiger partial charge in [0.05, 0.1) is 7.11 Å². The number of phenols is 1. The Morgan fingerprint density at radius 3 is 2.48 bits per heavy atom. The Balaban J connectivity index is 1.27. The van der Waals surface area contributed by atoms with Crippen LogP contribution in [0.25, 0.3) is 20.5 Å². The van der Waals surface area contributed by atoms with E-state index < -0.39 is 0 Å². The van der Waals surface area contributed by atoms with Gasteiger partial charge in [-0.15, -0.1) is 11.3 Å². The number of phenolic OH excluding ortho intramolecular Hbond substituents is 1. The Kier molecular flexibility index (Phi) is 9.40. The first-order valence-electron chi connectivity index (χ1n) is 15.7. The zero-order valence-electron chi connectivity index (χ0n) is 25.9. The Labute approximate surface area is 264 Å². The summed E-state index contributed by atoms with van der Waals surface area (Å²) in [5.41, 5.74) is 2.07. The van der Waals surface area contributed by atoms with Gasteiger partial charge in [-0.1, -0.05) is 6.42 Å². The third-order valence-electron chi connectivity index (χ3n) is 8.93. The molecule has 44 heavy (non-hydrogen) atoms. The predicted molar refractivity (Wildman–Crippen MR) is 177 cm³/mol. The number of methoxy groups -OCH3 is 1. The lowest BCUT2D eigenvalue weighted by Crippen LogP contribution is -2.44. The monoisotopic (exact) mass is 614 g/mol. The number of hydrogen-bond donors (Lipinski definition) is 1. The molecule has 1 aromatic heterocycles. The van der Waals surface area contributed by atoms with Gasteiger partial charge in [0.2, 0.25) is 0 Å². The van der Waals surface area contributed by atoms with Crippen molar-refractivity contribution in [2.45, 2.75) is 50.7 Å². The van der Waals surface area contributed by atoms with E-state index in [1.54, 1.807) is 25.3 Å². The highest BCUT2D eigenvalue weighted by Crippen LogP contribution is 2.42. The summed E-state index contributed by atoms with van der Waals surface area (Å²) in [6.07, 6.45) is 7.05. The molecule has 1 saturated carbocycles. The highest BCUT2D eigenvalue weighted by Gasteiger charge is 2.30. The molecule has 7 nitrogen and oxygen atoms in total. The second-order valence-corrected chi connectivity index (χ2v) is 13.1. The number of ether oxygens (including phenoxy) is 3. The predicted octanol–water partition coefficient (Wildman–Crippen LogP) is 7.24. The summed E-state index contributed by atoms with van der Waals surface area (Å²) in [4.78, 5) is 19.8. The van der Waals surface area contributed by atoms with Crippen molar-refractivity contribution >= 4 is 27.2 Å². The summed E-state index contributed by atoms with van der Waals surface area (Å²) in [6.45, 7) is 3.90. The lowest BCUT2D eigenvalue weighted by Gasteiger charge is -2.36. The Morgan fingerprint density at radius 2 is 1.73 bits per heavy atom. The minimum Gasteiger partial charge on any atom is -0.508 e. The number of likely N-dealkylation sites (tertiary alicyclic amines) is 1. The average molecular weight is 615 g/mol. The summed E-state index contributed by atoms with van der Waals surface area (Å²) < 4.78 is 19.1. The second-order valence-electron chi connectivity index (χ2n) is 12.1. The lowest BCUT2D eigenvalue weighted by molar-refractivity contribution is 0.0601. The van der Waals surface area contributed by atoms with Gasteiger partial charge in [0.15, 0.2) is 17.3 Å². The Morgan fingerprint density at radius 1 is 0.955 bits per heavy atom. The molecule has 1 aliphatic heterocycles. The number of thiophene rings is 1. The maximum atomic E-state index is 14.3. The fraction of sp³-hybridized carbons (Fsp3) is 0.417. The van der Waals surface area contributed by atoms with E-state index in [1.165, 1.54) is 30.6 Å². The smallest absolute Gasteiger partial charge is 0.195 e. The third kappa shape index (κ3) is 6.58. The zero-order valence-corrected chi connectivity index (χ0v) is 26.7. The second kappa shape index (κ2) is 13.6. The quantitative estimate of drug-likeness (QED) is 0.179. The molecule has 0 radical (unpaired) electrons. The topological polar surface area (TPSA) is 71.5 Å². The van der Waals surface area contributed by atoms with Crippen LogP contribution in [0.4, 0.5) is 0 Å². The molecular weight excluding hydrogens is 572 g/mol. The van der Waals surface area contributed by atoms with Crippen LogP contribution in [0.3, 0.4) is 0 Å². The van der Waals surface area contributed by atoms with Crippen molar-refractivity contribution in [3.05, 3.63) is 71.8 Å². The molecule has 1 N–H and O–H groups in total. The van der Waals surface area contributed by atoms with Gasteiger partial charge in [0, 0.05) is 38.7 Å². The maximum absolute atomic E-state index is 14.3. The van der Waals surface area contributed by atoms with Crippen LogP contribution in [0.5, 0.6) is 23.0 Å². The molecule has 2 atom stereocenters. The number of likely N-dealkylation sites (N-methyl/N-ethyl adjacent to an activating group) is 1. The van der Waals surface area contributed by atoms with Gasteiger partial charge in [-0.3, -0.25) is 9.69 Å². The molecule has 0 bridgehead atoms. The minimum absolute atomic E-state index is 0.0708. The number of benzene rings is 3. The van der Waals surface area contributed by atoms with Crippen LogP contribution < -0.4 is 14.2 Å². The van der Waals surface area contributed by atoms with E-state index in [0.29, 0.717) is 35.3 Å². The van der Waals surface area contributed by atoms with Crippen LogP contribution in [0.15, 0.2) is 60.7 Å². The minimum atomic E-state index is -0.100. The number of carbonyl (C=O) groups excluding carboxylic acids is 1. The molecule has 6 rings (SSSR count). The van der Waals surface area contributed by atoms with E-state index in [2.05, 4.69) is 23.9 Å². The molecule has 232 valence electrons. The fourth-order valence-electron chi connectivity index (χ4n) is 6.53. The molecule has 2 heterocycles. The van der Waals surface area contributed by atoms with Crippen LogP contribution in [-0.4, -0.2) is 80.3 Å². The number of rotatable bonds is 11. The molecule has 3 aromatic carbocycles. The molecule has 1 aliphatic carbocycles. The summed E-state index contributed by atoms with van der Waals surface area (Å²) in [7, 11) is 5.82. The van der Waals surface area contributed by atoms with Gasteiger partial charge in [-0.05, 0) is 126 Å². The lowest BCUT2D eigenvalue weighted by atomic mass is 9.91. The van der Waals surface area contributed by atoms with Crippen LogP contribution in [0.2, 0.25) is 0 Å². The van der Waals surface area contributed by atoms with Gasteiger partial charge in [-0.2, -0.15) is 0 Å². The highest BCUT2D eigenvalue weighted by atomic mass is 32.1. The van der Waals surface area contributed by atoms with E-state index in [4.69, 9.17) is 14.2 Å². The zero-order chi connectivity index (χ0) is 30.6. The number of carbonyl (C=O) groups is 1. The van der Waals surface area contributed by atoms with Crippen molar-refractivity contribution in [3.63, 3.8) is 0 Å². The Bertz CT molecular complexity index is 1590. The first kappa shape index (κ1) is 30.4. The molecule has 1 saturated heterocycles. The van der Waals surface area contributed by atoms with Crippen molar-refractivity contribution in [1.29, 1.82) is 0 Å². The number of hydrogen-bond acceptors (Lipinski definition) is 8. The summed E-state index contributed by atoms with van der Waals surface area (Å²) in [5, 5.41) is 11.0.